The van der Waals surface area contributed by atoms with Gasteiger partial charge in [-0.3, -0.25) is 14.7 Å². The molecule has 2 N–H and O–H groups in total. The molecule has 0 radical (unpaired) electrons. The van der Waals surface area contributed by atoms with Crippen LogP contribution in [0.2, 0.25) is 0 Å². The van der Waals surface area contributed by atoms with E-state index in [1.165, 1.54) is 12.1 Å². The van der Waals surface area contributed by atoms with Crippen molar-refractivity contribution in [1.29, 1.82) is 0 Å². The number of hydrogen-bond donors (Lipinski definition) is 2. The molecule has 0 spiro atoms. The van der Waals surface area contributed by atoms with Crippen LogP contribution in [0, 0.1) is 5.82 Å². The summed E-state index contributed by atoms with van der Waals surface area (Å²) in [4.78, 5) is 18.4. The van der Waals surface area contributed by atoms with Gasteiger partial charge in [-0.1, -0.05) is 12.1 Å². The SMILES string of the molecule is CN=C(NCC(=O)OC(C)(C)C)NCC(c1ccc(F)cc1)N1CCOCC1.I. The molecular weight excluding hydrogens is 490 g/mol. The van der Waals surface area contributed by atoms with Gasteiger partial charge in [0.05, 0.1) is 19.3 Å². The Morgan fingerprint density at radius 1 is 1.24 bits per heavy atom. The van der Waals surface area contributed by atoms with E-state index in [0.29, 0.717) is 25.7 Å². The highest BCUT2D eigenvalue weighted by Gasteiger charge is 2.23. The number of aliphatic imine (C=N–C) groups is 1. The third-order valence-electron chi connectivity index (χ3n) is 4.25. The van der Waals surface area contributed by atoms with Crippen LogP contribution in [0.25, 0.3) is 0 Å². The number of nitrogens with zero attached hydrogens (tertiary/aromatic N) is 2. The first-order valence-corrected chi connectivity index (χ1v) is 9.52. The van der Waals surface area contributed by atoms with Crippen molar-refractivity contribution in [3.05, 3.63) is 35.6 Å². The average molecular weight is 522 g/mol. The van der Waals surface area contributed by atoms with Crippen molar-refractivity contribution in [2.45, 2.75) is 32.4 Å². The molecule has 0 aliphatic carbocycles. The summed E-state index contributed by atoms with van der Waals surface area (Å²) in [6, 6.07) is 6.57. The minimum absolute atomic E-state index is 0. The smallest absolute Gasteiger partial charge is 0.325 e. The van der Waals surface area contributed by atoms with Gasteiger partial charge in [-0.15, -0.1) is 24.0 Å². The minimum Gasteiger partial charge on any atom is -0.459 e. The maximum atomic E-state index is 13.3. The van der Waals surface area contributed by atoms with Crippen molar-refractivity contribution in [3.8, 4) is 0 Å². The third kappa shape index (κ3) is 9.26. The van der Waals surface area contributed by atoms with Crippen molar-refractivity contribution in [2.24, 2.45) is 4.99 Å². The summed E-state index contributed by atoms with van der Waals surface area (Å²) in [5, 5.41) is 6.22. The first-order valence-electron chi connectivity index (χ1n) is 9.52. The Bertz CT molecular complexity index is 659. The fourth-order valence-corrected chi connectivity index (χ4v) is 2.98. The first-order chi connectivity index (χ1) is 13.3. The second kappa shape index (κ2) is 12.3. The molecule has 9 heteroatoms. The van der Waals surface area contributed by atoms with Crippen LogP contribution < -0.4 is 10.6 Å². The Morgan fingerprint density at radius 3 is 2.41 bits per heavy atom. The van der Waals surface area contributed by atoms with Crippen LogP contribution in [-0.2, 0) is 14.3 Å². The van der Waals surface area contributed by atoms with Gasteiger partial charge in [0, 0.05) is 26.7 Å². The van der Waals surface area contributed by atoms with Crippen LogP contribution in [0.3, 0.4) is 0 Å². The molecule has 0 amide bonds. The van der Waals surface area contributed by atoms with Crippen LogP contribution in [0.1, 0.15) is 32.4 Å². The van der Waals surface area contributed by atoms with E-state index in [2.05, 4.69) is 20.5 Å². The standard InChI is InChI=1S/C20H31FN4O3.HI/c1-20(2,3)28-18(26)14-24-19(22-4)23-13-17(25-9-11-27-12-10-25)15-5-7-16(21)8-6-15;/h5-8,17H,9-14H2,1-4H3,(H2,22,23,24);1H. The quantitative estimate of drug-likeness (QED) is 0.259. The molecule has 164 valence electrons. The molecule has 1 aromatic carbocycles. The Kier molecular flexibility index (Phi) is 10.8. The second-order valence-corrected chi connectivity index (χ2v) is 7.61. The zero-order valence-corrected chi connectivity index (χ0v) is 19.9. The zero-order valence-electron chi connectivity index (χ0n) is 17.5. The van der Waals surface area contributed by atoms with E-state index in [-0.39, 0.29) is 48.3 Å². The molecule has 1 aromatic rings. The van der Waals surface area contributed by atoms with Crippen LogP contribution in [0.5, 0.6) is 0 Å². The van der Waals surface area contributed by atoms with E-state index < -0.39 is 5.60 Å². The molecule has 1 aliphatic heterocycles. The molecule has 0 bridgehead atoms. The normalized spacial score (nSPS) is 16.5. The topological polar surface area (TPSA) is 75.2 Å². The van der Waals surface area contributed by atoms with E-state index in [9.17, 15) is 9.18 Å². The van der Waals surface area contributed by atoms with Crippen LogP contribution in [0.4, 0.5) is 4.39 Å². The molecule has 0 saturated carbocycles. The van der Waals surface area contributed by atoms with E-state index in [4.69, 9.17) is 9.47 Å². The molecular formula is C20H32FIN4O3. The molecule has 7 nitrogen and oxygen atoms in total. The van der Waals surface area contributed by atoms with Crippen molar-refractivity contribution in [2.75, 3.05) is 46.4 Å². The van der Waals surface area contributed by atoms with Crippen molar-refractivity contribution < 1.29 is 18.7 Å². The summed E-state index contributed by atoms with van der Waals surface area (Å²) in [6.07, 6.45) is 0. The van der Waals surface area contributed by atoms with E-state index >= 15 is 0 Å². The average Bonchev–Trinajstić information content (AvgIpc) is 2.65. The van der Waals surface area contributed by atoms with Gasteiger partial charge in [0.1, 0.15) is 18.0 Å². The molecule has 0 aromatic heterocycles. The fraction of sp³-hybridized carbons (Fsp3) is 0.600. The summed E-state index contributed by atoms with van der Waals surface area (Å²) in [5.41, 5.74) is 0.484. The summed E-state index contributed by atoms with van der Waals surface area (Å²) in [6.45, 7) is 9.00. The number of benzene rings is 1. The van der Waals surface area contributed by atoms with Gasteiger partial charge in [0.15, 0.2) is 5.96 Å². The van der Waals surface area contributed by atoms with Gasteiger partial charge in [-0.05, 0) is 38.5 Å². The number of hydrogen-bond acceptors (Lipinski definition) is 5. The largest absolute Gasteiger partial charge is 0.459 e. The number of carbonyl (C=O) groups is 1. The van der Waals surface area contributed by atoms with E-state index in [1.807, 2.05) is 20.8 Å². The number of morpholine rings is 1. The predicted octanol–water partition coefficient (Wildman–Crippen LogP) is 2.32. The first kappa shape index (κ1) is 25.6. The summed E-state index contributed by atoms with van der Waals surface area (Å²) < 4.78 is 24.1. The number of rotatable bonds is 6. The lowest BCUT2D eigenvalue weighted by Crippen LogP contribution is -2.47. The van der Waals surface area contributed by atoms with Gasteiger partial charge in [-0.2, -0.15) is 0 Å². The van der Waals surface area contributed by atoms with Crippen molar-refractivity contribution in [1.82, 2.24) is 15.5 Å². The molecule has 1 atom stereocenters. The van der Waals surface area contributed by atoms with Crippen molar-refractivity contribution >= 4 is 35.9 Å². The Balaban J connectivity index is 0.00000420. The number of carbonyl (C=O) groups excluding carboxylic acids is 1. The highest BCUT2D eigenvalue weighted by molar-refractivity contribution is 14.0. The molecule has 1 saturated heterocycles. The second-order valence-electron chi connectivity index (χ2n) is 7.61. The van der Waals surface area contributed by atoms with Gasteiger partial charge >= 0.3 is 5.97 Å². The number of ether oxygens (including phenoxy) is 2. The number of halogens is 2. The number of nitrogens with one attached hydrogen (secondary N) is 2. The van der Waals surface area contributed by atoms with Crippen molar-refractivity contribution in [3.63, 3.8) is 0 Å². The Labute approximate surface area is 189 Å². The van der Waals surface area contributed by atoms with Gasteiger partial charge in [-0.25, -0.2) is 4.39 Å². The van der Waals surface area contributed by atoms with Gasteiger partial charge in [0.2, 0.25) is 0 Å². The van der Waals surface area contributed by atoms with Crippen LogP contribution in [-0.4, -0.2) is 68.9 Å². The zero-order chi connectivity index (χ0) is 20.6. The molecule has 29 heavy (non-hydrogen) atoms. The third-order valence-corrected chi connectivity index (χ3v) is 4.25. The molecule has 1 unspecified atom stereocenters. The molecule has 1 fully saturated rings. The van der Waals surface area contributed by atoms with Crippen LogP contribution in [0.15, 0.2) is 29.3 Å². The number of esters is 1. The predicted molar refractivity (Wildman–Crippen MR) is 122 cm³/mol. The Morgan fingerprint density at radius 2 is 1.86 bits per heavy atom. The maximum absolute atomic E-state index is 13.3. The van der Waals surface area contributed by atoms with Gasteiger partial charge in [0.25, 0.3) is 0 Å². The summed E-state index contributed by atoms with van der Waals surface area (Å²) in [5.74, 6) is -0.0998. The fourth-order valence-electron chi connectivity index (χ4n) is 2.98. The molecule has 1 aliphatic rings. The van der Waals surface area contributed by atoms with Gasteiger partial charge < -0.3 is 20.1 Å². The minimum atomic E-state index is -0.528. The molecule has 1 heterocycles. The van der Waals surface area contributed by atoms with Crippen LogP contribution >= 0.6 is 24.0 Å². The highest BCUT2D eigenvalue weighted by atomic mass is 127. The Hall–Kier alpha value is -1.46. The lowest BCUT2D eigenvalue weighted by Gasteiger charge is -2.35. The lowest BCUT2D eigenvalue weighted by atomic mass is 10.0. The molecule has 2 rings (SSSR count). The highest BCUT2D eigenvalue weighted by Crippen LogP contribution is 2.21. The van der Waals surface area contributed by atoms with E-state index in [0.717, 1.165) is 18.7 Å². The monoisotopic (exact) mass is 522 g/mol. The summed E-state index contributed by atoms with van der Waals surface area (Å²) in [7, 11) is 1.64. The lowest BCUT2D eigenvalue weighted by molar-refractivity contribution is -0.153. The van der Waals surface area contributed by atoms with E-state index in [1.54, 1.807) is 19.2 Å². The number of guanidine groups is 1. The summed E-state index contributed by atoms with van der Waals surface area (Å²) >= 11 is 0. The maximum Gasteiger partial charge on any atom is 0.325 e.